The van der Waals surface area contributed by atoms with Gasteiger partial charge in [-0.15, -0.1) is 10.2 Å². The number of hydrogen-bond donors (Lipinski definition) is 2. The number of rotatable bonds is 1. The van der Waals surface area contributed by atoms with Crippen LogP contribution in [0.4, 0.5) is 0 Å². The summed E-state index contributed by atoms with van der Waals surface area (Å²) in [6.07, 6.45) is 1.71. The van der Waals surface area contributed by atoms with Crippen LogP contribution < -0.4 is 5.73 Å². The Labute approximate surface area is 98.9 Å². The van der Waals surface area contributed by atoms with E-state index in [1.807, 2.05) is 6.07 Å². The molecular weight excluding hydrogens is 216 g/mol. The third-order valence-electron chi connectivity index (χ3n) is 3.10. The molecule has 0 saturated carbocycles. The van der Waals surface area contributed by atoms with Crippen molar-refractivity contribution >= 4 is 0 Å². The number of phenolic OH excluding ortho intramolecular Hbond substituents is 1. The fourth-order valence-corrected chi connectivity index (χ4v) is 2.21. The van der Waals surface area contributed by atoms with E-state index in [2.05, 4.69) is 14.8 Å². The van der Waals surface area contributed by atoms with Gasteiger partial charge >= 0.3 is 0 Å². The molecule has 0 amide bonds. The first-order valence-corrected chi connectivity index (χ1v) is 5.71. The summed E-state index contributed by atoms with van der Waals surface area (Å²) >= 11 is 0. The Morgan fingerprint density at radius 1 is 1.35 bits per heavy atom. The van der Waals surface area contributed by atoms with Crippen LogP contribution in [0.3, 0.4) is 0 Å². The lowest BCUT2D eigenvalue weighted by Gasteiger charge is -2.20. The minimum absolute atomic E-state index is 0.184. The first-order valence-electron chi connectivity index (χ1n) is 5.71. The van der Waals surface area contributed by atoms with Crippen LogP contribution in [0.2, 0.25) is 0 Å². The molecule has 0 bridgehead atoms. The second-order valence-electron chi connectivity index (χ2n) is 4.39. The molecule has 0 radical (unpaired) electrons. The van der Waals surface area contributed by atoms with Gasteiger partial charge in [0.2, 0.25) is 0 Å². The van der Waals surface area contributed by atoms with Gasteiger partial charge in [-0.1, -0.05) is 12.1 Å². The van der Waals surface area contributed by atoms with Crippen LogP contribution in [-0.2, 0) is 13.0 Å². The summed E-state index contributed by atoms with van der Waals surface area (Å²) in [7, 11) is 0. The normalized spacial score (nSPS) is 19.0. The number of benzene rings is 1. The average molecular weight is 230 g/mol. The van der Waals surface area contributed by atoms with E-state index in [0.717, 1.165) is 36.6 Å². The highest BCUT2D eigenvalue weighted by atomic mass is 16.3. The van der Waals surface area contributed by atoms with Crippen molar-refractivity contribution in [2.24, 2.45) is 5.73 Å². The quantitative estimate of drug-likeness (QED) is 0.763. The van der Waals surface area contributed by atoms with E-state index >= 15 is 0 Å². The summed E-state index contributed by atoms with van der Waals surface area (Å²) in [4.78, 5) is 0. The van der Waals surface area contributed by atoms with E-state index in [1.54, 1.807) is 18.2 Å². The Kier molecular flexibility index (Phi) is 2.33. The van der Waals surface area contributed by atoms with Gasteiger partial charge in [0, 0.05) is 24.6 Å². The monoisotopic (exact) mass is 230 g/mol. The molecule has 2 heterocycles. The third kappa shape index (κ3) is 1.78. The summed E-state index contributed by atoms with van der Waals surface area (Å²) in [5.41, 5.74) is 6.79. The summed E-state index contributed by atoms with van der Waals surface area (Å²) in [5.74, 6) is 1.98. The number of aromatic nitrogens is 3. The number of nitrogens with zero attached hydrogens (tertiary/aromatic N) is 3. The van der Waals surface area contributed by atoms with Crippen LogP contribution in [0, 0.1) is 0 Å². The van der Waals surface area contributed by atoms with E-state index < -0.39 is 0 Å². The third-order valence-corrected chi connectivity index (χ3v) is 3.10. The van der Waals surface area contributed by atoms with Crippen molar-refractivity contribution in [1.82, 2.24) is 14.8 Å². The zero-order chi connectivity index (χ0) is 11.8. The van der Waals surface area contributed by atoms with Gasteiger partial charge in [-0.25, -0.2) is 0 Å². The Bertz CT molecular complexity index is 549. The molecule has 1 aromatic carbocycles. The van der Waals surface area contributed by atoms with Crippen molar-refractivity contribution in [2.75, 3.05) is 0 Å². The van der Waals surface area contributed by atoms with E-state index in [-0.39, 0.29) is 11.8 Å². The van der Waals surface area contributed by atoms with Gasteiger partial charge in [0.15, 0.2) is 5.82 Å². The molecule has 0 spiro atoms. The topological polar surface area (TPSA) is 77.0 Å². The molecule has 3 rings (SSSR count). The zero-order valence-corrected chi connectivity index (χ0v) is 9.37. The lowest BCUT2D eigenvalue weighted by molar-refractivity contribution is 0.465. The van der Waals surface area contributed by atoms with Crippen molar-refractivity contribution in [2.45, 2.75) is 25.4 Å². The SMILES string of the molecule is NC1CCn2c(nnc2-c2cccc(O)c2)C1. The minimum Gasteiger partial charge on any atom is -0.508 e. The van der Waals surface area contributed by atoms with Crippen molar-refractivity contribution in [3.8, 4) is 17.1 Å². The van der Waals surface area contributed by atoms with Gasteiger partial charge in [-0.05, 0) is 18.6 Å². The van der Waals surface area contributed by atoms with Crippen LogP contribution >= 0.6 is 0 Å². The molecule has 0 aliphatic carbocycles. The van der Waals surface area contributed by atoms with Crippen molar-refractivity contribution in [3.05, 3.63) is 30.1 Å². The molecule has 5 heteroatoms. The fourth-order valence-electron chi connectivity index (χ4n) is 2.21. The van der Waals surface area contributed by atoms with E-state index in [0.29, 0.717) is 0 Å². The predicted molar refractivity (Wildman–Crippen MR) is 63.4 cm³/mol. The number of fused-ring (bicyclic) bond motifs is 1. The number of phenols is 1. The van der Waals surface area contributed by atoms with Crippen LogP contribution in [0.5, 0.6) is 5.75 Å². The molecule has 1 aromatic heterocycles. The van der Waals surface area contributed by atoms with Crippen LogP contribution in [0.1, 0.15) is 12.2 Å². The maximum atomic E-state index is 9.48. The lowest BCUT2D eigenvalue weighted by Crippen LogP contribution is -2.31. The van der Waals surface area contributed by atoms with Crippen LogP contribution in [0.25, 0.3) is 11.4 Å². The van der Waals surface area contributed by atoms with Crippen LogP contribution in [0.15, 0.2) is 24.3 Å². The Morgan fingerprint density at radius 3 is 3.06 bits per heavy atom. The fraction of sp³-hybridized carbons (Fsp3) is 0.333. The van der Waals surface area contributed by atoms with Gasteiger partial charge in [-0.2, -0.15) is 0 Å². The first-order chi connectivity index (χ1) is 8.24. The molecule has 5 nitrogen and oxygen atoms in total. The second kappa shape index (κ2) is 3.85. The summed E-state index contributed by atoms with van der Waals surface area (Å²) < 4.78 is 2.08. The van der Waals surface area contributed by atoms with E-state index in [1.165, 1.54) is 0 Å². The lowest BCUT2D eigenvalue weighted by atomic mass is 10.1. The van der Waals surface area contributed by atoms with Crippen molar-refractivity contribution in [3.63, 3.8) is 0 Å². The Balaban J connectivity index is 2.05. The highest BCUT2D eigenvalue weighted by Crippen LogP contribution is 2.24. The first kappa shape index (κ1) is 10.3. The Hall–Kier alpha value is -1.88. The standard InChI is InChI=1S/C12H14N4O/c13-9-4-5-16-11(7-9)14-15-12(16)8-2-1-3-10(17)6-8/h1-3,6,9,17H,4-5,7,13H2. The maximum absolute atomic E-state index is 9.48. The largest absolute Gasteiger partial charge is 0.508 e. The molecule has 1 aliphatic rings. The summed E-state index contributed by atoms with van der Waals surface area (Å²) in [6, 6.07) is 7.26. The Morgan fingerprint density at radius 2 is 2.24 bits per heavy atom. The highest BCUT2D eigenvalue weighted by molar-refractivity contribution is 5.57. The second-order valence-corrected chi connectivity index (χ2v) is 4.39. The van der Waals surface area contributed by atoms with E-state index in [9.17, 15) is 5.11 Å². The van der Waals surface area contributed by atoms with Gasteiger partial charge in [0.1, 0.15) is 11.6 Å². The van der Waals surface area contributed by atoms with Gasteiger partial charge in [-0.3, -0.25) is 0 Å². The van der Waals surface area contributed by atoms with Gasteiger partial charge in [0.05, 0.1) is 0 Å². The molecular formula is C12H14N4O. The van der Waals surface area contributed by atoms with Gasteiger partial charge in [0.25, 0.3) is 0 Å². The summed E-state index contributed by atoms with van der Waals surface area (Å²) in [5, 5.41) is 17.8. The van der Waals surface area contributed by atoms with Gasteiger partial charge < -0.3 is 15.4 Å². The van der Waals surface area contributed by atoms with E-state index in [4.69, 9.17) is 5.73 Å². The molecule has 1 unspecified atom stereocenters. The highest BCUT2D eigenvalue weighted by Gasteiger charge is 2.21. The molecule has 1 atom stereocenters. The molecule has 1 aliphatic heterocycles. The van der Waals surface area contributed by atoms with Crippen molar-refractivity contribution in [1.29, 1.82) is 0 Å². The molecule has 3 N–H and O–H groups in total. The number of hydrogen-bond acceptors (Lipinski definition) is 4. The van der Waals surface area contributed by atoms with Crippen LogP contribution in [-0.4, -0.2) is 25.9 Å². The zero-order valence-electron chi connectivity index (χ0n) is 9.37. The summed E-state index contributed by atoms with van der Waals surface area (Å²) in [6.45, 7) is 0.842. The average Bonchev–Trinajstić information content (AvgIpc) is 2.71. The van der Waals surface area contributed by atoms with Crippen molar-refractivity contribution < 1.29 is 5.11 Å². The molecule has 2 aromatic rings. The molecule has 17 heavy (non-hydrogen) atoms. The minimum atomic E-state index is 0.184. The molecule has 0 saturated heterocycles. The molecule has 0 fully saturated rings. The maximum Gasteiger partial charge on any atom is 0.164 e. The number of aromatic hydroxyl groups is 1. The molecule has 88 valence electrons. The number of nitrogens with two attached hydrogens (primary N) is 1. The predicted octanol–water partition coefficient (Wildman–Crippen LogP) is 0.924. The smallest absolute Gasteiger partial charge is 0.164 e.